The van der Waals surface area contributed by atoms with Crippen molar-refractivity contribution in [1.82, 2.24) is 16.2 Å². The van der Waals surface area contributed by atoms with Crippen LogP contribution in [-0.2, 0) is 6.54 Å². The van der Waals surface area contributed by atoms with E-state index in [0.717, 1.165) is 5.56 Å². The molecule has 8 heteroatoms. The Balaban J connectivity index is 1.88. The third kappa shape index (κ3) is 5.19. The van der Waals surface area contributed by atoms with E-state index < -0.39 is 5.91 Å². The first kappa shape index (κ1) is 17.7. The van der Waals surface area contributed by atoms with Crippen molar-refractivity contribution >= 4 is 55.1 Å². The standard InChI is InChI=1S/C15H13Br2N3O2S/c16-10-6-11(13(21)12(17)7-10)14(22)19-20-15(23)18-8-9-4-2-1-3-5-9/h1-7,21H,8H2,(H,19,22)(H2,18,20,23). The summed E-state index contributed by atoms with van der Waals surface area (Å²) in [5.74, 6) is -0.649. The van der Waals surface area contributed by atoms with E-state index in [4.69, 9.17) is 12.2 Å². The molecule has 1 amide bonds. The number of amides is 1. The fourth-order valence-corrected chi connectivity index (χ4v) is 3.09. The normalized spacial score (nSPS) is 10.0. The quantitative estimate of drug-likeness (QED) is 0.419. The molecule has 5 nitrogen and oxygen atoms in total. The minimum atomic E-state index is -0.506. The Hall–Kier alpha value is -1.64. The molecule has 0 unspecified atom stereocenters. The second kappa shape index (κ2) is 8.28. The van der Waals surface area contributed by atoms with Crippen LogP contribution < -0.4 is 16.2 Å². The molecule has 0 saturated carbocycles. The molecule has 0 spiro atoms. The number of aromatic hydroxyl groups is 1. The van der Waals surface area contributed by atoms with Gasteiger partial charge < -0.3 is 10.4 Å². The highest BCUT2D eigenvalue weighted by molar-refractivity contribution is 9.11. The van der Waals surface area contributed by atoms with E-state index in [2.05, 4.69) is 48.0 Å². The minimum absolute atomic E-state index is 0.115. The van der Waals surface area contributed by atoms with Gasteiger partial charge in [0.05, 0.1) is 10.0 Å². The zero-order valence-corrected chi connectivity index (χ0v) is 15.8. The molecule has 0 atom stereocenters. The van der Waals surface area contributed by atoms with Crippen molar-refractivity contribution in [2.75, 3.05) is 0 Å². The van der Waals surface area contributed by atoms with Crippen LogP contribution in [0, 0.1) is 0 Å². The molecule has 0 bridgehead atoms. The van der Waals surface area contributed by atoms with Gasteiger partial charge in [-0.3, -0.25) is 15.6 Å². The maximum Gasteiger partial charge on any atom is 0.273 e. The average molecular weight is 459 g/mol. The van der Waals surface area contributed by atoms with Gasteiger partial charge in [-0.15, -0.1) is 0 Å². The van der Waals surface area contributed by atoms with Gasteiger partial charge in [-0.1, -0.05) is 46.3 Å². The highest BCUT2D eigenvalue weighted by Crippen LogP contribution is 2.31. The number of phenolic OH excluding ortho intramolecular Hbond substituents is 1. The van der Waals surface area contributed by atoms with Crippen molar-refractivity contribution in [3.8, 4) is 5.75 Å². The Labute approximate surface area is 155 Å². The van der Waals surface area contributed by atoms with Crippen molar-refractivity contribution in [3.63, 3.8) is 0 Å². The highest BCUT2D eigenvalue weighted by atomic mass is 79.9. The number of carbonyl (C=O) groups is 1. The molecule has 0 aliphatic carbocycles. The molecular formula is C15H13Br2N3O2S. The number of thiocarbonyl (C=S) groups is 1. The van der Waals surface area contributed by atoms with Gasteiger partial charge in [0.15, 0.2) is 5.11 Å². The zero-order chi connectivity index (χ0) is 16.8. The molecule has 0 heterocycles. The zero-order valence-electron chi connectivity index (χ0n) is 11.8. The number of phenols is 1. The molecule has 120 valence electrons. The second-order valence-electron chi connectivity index (χ2n) is 4.53. The molecule has 2 aromatic rings. The number of hydrogen-bond acceptors (Lipinski definition) is 3. The molecule has 4 N–H and O–H groups in total. The Morgan fingerprint density at radius 2 is 1.83 bits per heavy atom. The van der Waals surface area contributed by atoms with Crippen LogP contribution in [0.15, 0.2) is 51.4 Å². The lowest BCUT2D eigenvalue weighted by molar-refractivity contribution is 0.0941. The monoisotopic (exact) mass is 457 g/mol. The van der Waals surface area contributed by atoms with E-state index in [1.165, 1.54) is 6.07 Å². The summed E-state index contributed by atoms with van der Waals surface area (Å²) in [5, 5.41) is 13.1. The largest absolute Gasteiger partial charge is 0.506 e. The predicted octanol–water partition coefficient (Wildman–Crippen LogP) is 3.23. The Morgan fingerprint density at radius 1 is 1.13 bits per heavy atom. The highest BCUT2D eigenvalue weighted by Gasteiger charge is 2.15. The van der Waals surface area contributed by atoms with Crippen LogP contribution in [0.1, 0.15) is 15.9 Å². The number of halogens is 2. The second-order valence-corrected chi connectivity index (χ2v) is 6.71. The lowest BCUT2D eigenvalue weighted by atomic mass is 10.2. The van der Waals surface area contributed by atoms with Gasteiger partial charge in [0, 0.05) is 11.0 Å². The third-order valence-electron chi connectivity index (χ3n) is 2.86. The summed E-state index contributed by atoms with van der Waals surface area (Å²) in [6.45, 7) is 0.538. The fourth-order valence-electron chi connectivity index (χ4n) is 1.74. The van der Waals surface area contributed by atoms with E-state index in [0.29, 0.717) is 15.5 Å². The van der Waals surface area contributed by atoms with Crippen molar-refractivity contribution in [2.24, 2.45) is 0 Å². The van der Waals surface area contributed by atoms with Gasteiger partial charge in [-0.25, -0.2) is 0 Å². The average Bonchev–Trinajstić information content (AvgIpc) is 2.55. The van der Waals surface area contributed by atoms with Crippen molar-refractivity contribution in [2.45, 2.75) is 6.54 Å². The van der Waals surface area contributed by atoms with Crippen LogP contribution in [0.3, 0.4) is 0 Å². The van der Waals surface area contributed by atoms with E-state index >= 15 is 0 Å². The first-order chi connectivity index (χ1) is 11.0. The summed E-state index contributed by atoms with van der Waals surface area (Å²) in [4.78, 5) is 12.1. The number of rotatable bonds is 3. The summed E-state index contributed by atoms with van der Waals surface area (Å²) in [6.07, 6.45) is 0. The van der Waals surface area contributed by atoms with Crippen molar-refractivity contribution in [3.05, 3.63) is 62.5 Å². The Morgan fingerprint density at radius 3 is 2.52 bits per heavy atom. The molecular weight excluding hydrogens is 446 g/mol. The summed E-state index contributed by atoms with van der Waals surface area (Å²) in [7, 11) is 0. The molecule has 2 rings (SSSR count). The van der Waals surface area contributed by atoms with E-state index in [1.54, 1.807) is 6.07 Å². The minimum Gasteiger partial charge on any atom is -0.506 e. The Bertz CT molecular complexity index is 726. The first-order valence-corrected chi connectivity index (χ1v) is 8.53. The lowest BCUT2D eigenvalue weighted by Crippen LogP contribution is -2.46. The number of hydrazine groups is 1. The third-order valence-corrected chi connectivity index (χ3v) is 4.17. The summed E-state index contributed by atoms with van der Waals surface area (Å²) in [5.41, 5.74) is 6.21. The number of carbonyl (C=O) groups excluding carboxylic acids is 1. The lowest BCUT2D eigenvalue weighted by Gasteiger charge is -2.13. The van der Waals surface area contributed by atoms with Crippen LogP contribution in [0.25, 0.3) is 0 Å². The van der Waals surface area contributed by atoms with Crippen LogP contribution in [0.5, 0.6) is 5.75 Å². The SMILES string of the molecule is O=C(NNC(=S)NCc1ccccc1)c1cc(Br)cc(Br)c1O. The van der Waals surface area contributed by atoms with Gasteiger partial charge in [0.25, 0.3) is 5.91 Å². The van der Waals surface area contributed by atoms with Crippen LogP contribution in [-0.4, -0.2) is 16.1 Å². The predicted molar refractivity (Wildman–Crippen MR) is 100.0 cm³/mol. The van der Waals surface area contributed by atoms with Gasteiger partial charge in [0.1, 0.15) is 5.75 Å². The van der Waals surface area contributed by atoms with Crippen LogP contribution in [0.4, 0.5) is 0 Å². The molecule has 2 aromatic carbocycles. The molecule has 0 fully saturated rings. The van der Waals surface area contributed by atoms with E-state index in [1.807, 2.05) is 30.3 Å². The molecule has 0 saturated heterocycles. The molecule has 0 radical (unpaired) electrons. The van der Waals surface area contributed by atoms with Gasteiger partial charge in [-0.2, -0.15) is 0 Å². The summed E-state index contributed by atoms with van der Waals surface area (Å²) >= 11 is 11.5. The van der Waals surface area contributed by atoms with Gasteiger partial charge in [-0.05, 0) is 45.8 Å². The molecule has 0 aromatic heterocycles. The Kier molecular flexibility index (Phi) is 6.37. The van der Waals surface area contributed by atoms with E-state index in [9.17, 15) is 9.90 Å². The van der Waals surface area contributed by atoms with Crippen molar-refractivity contribution < 1.29 is 9.90 Å². The number of nitrogens with one attached hydrogen (secondary N) is 3. The smallest absolute Gasteiger partial charge is 0.273 e. The van der Waals surface area contributed by atoms with Crippen LogP contribution in [0.2, 0.25) is 0 Å². The van der Waals surface area contributed by atoms with Crippen molar-refractivity contribution in [1.29, 1.82) is 0 Å². The van der Waals surface area contributed by atoms with Gasteiger partial charge >= 0.3 is 0 Å². The van der Waals surface area contributed by atoms with E-state index in [-0.39, 0.29) is 16.4 Å². The fraction of sp³-hybridized carbons (Fsp3) is 0.0667. The molecule has 0 aliphatic heterocycles. The van der Waals surface area contributed by atoms with Gasteiger partial charge in [0.2, 0.25) is 0 Å². The molecule has 0 aliphatic rings. The van der Waals surface area contributed by atoms with Crippen LogP contribution >= 0.6 is 44.1 Å². The maximum absolute atomic E-state index is 12.1. The molecule has 23 heavy (non-hydrogen) atoms. The summed E-state index contributed by atoms with van der Waals surface area (Å²) < 4.78 is 1.08. The maximum atomic E-state index is 12.1. The number of hydrogen-bond donors (Lipinski definition) is 4. The first-order valence-electron chi connectivity index (χ1n) is 6.53. The number of benzene rings is 2. The topological polar surface area (TPSA) is 73.4 Å². The summed E-state index contributed by atoms with van der Waals surface area (Å²) in [6, 6.07) is 12.9.